The van der Waals surface area contributed by atoms with Crippen molar-refractivity contribution in [2.75, 3.05) is 0 Å². The SMILES string of the molecule is O=C(O)CCC(=O)OCc1cn(S(=O)(=O)c2ccc([N+](=O)[O-])cc2)c2ccc([N+](=O)[O-])cc12. The topological polar surface area (TPSA) is 189 Å². The Bertz CT molecular complexity index is 1380. The van der Waals surface area contributed by atoms with Crippen LogP contribution in [-0.2, 0) is 31.0 Å². The third-order valence-electron chi connectivity index (χ3n) is 4.58. The van der Waals surface area contributed by atoms with E-state index in [1.165, 1.54) is 6.07 Å². The number of nitro benzene ring substituents is 2. The van der Waals surface area contributed by atoms with Gasteiger partial charge in [0.2, 0.25) is 0 Å². The molecule has 13 nitrogen and oxygen atoms in total. The van der Waals surface area contributed by atoms with Crippen LogP contribution in [0.3, 0.4) is 0 Å². The Morgan fingerprint density at radius 2 is 1.58 bits per heavy atom. The summed E-state index contributed by atoms with van der Waals surface area (Å²) in [6.07, 6.45) is 0.255. The highest BCUT2D eigenvalue weighted by atomic mass is 32.2. The first kappa shape index (κ1) is 23.3. The lowest BCUT2D eigenvalue weighted by Gasteiger charge is -2.07. The number of aliphatic carboxylic acids is 1. The third kappa shape index (κ3) is 4.95. The van der Waals surface area contributed by atoms with Crippen molar-refractivity contribution in [3.63, 3.8) is 0 Å². The normalized spacial score (nSPS) is 11.3. The van der Waals surface area contributed by atoms with E-state index in [4.69, 9.17) is 9.84 Å². The van der Waals surface area contributed by atoms with E-state index in [-0.39, 0.29) is 32.7 Å². The first-order valence-corrected chi connectivity index (χ1v) is 10.6. The number of nitrogens with zero attached hydrogens (tertiary/aromatic N) is 3. The van der Waals surface area contributed by atoms with Crippen molar-refractivity contribution >= 4 is 44.2 Å². The standard InChI is InChI=1S/C19H15N3O10S/c23-18(24)7-8-19(25)32-11-12-10-20(17-6-3-14(22(28)29)9-16(12)17)33(30,31)15-4-1-13(2-5-15)21(26)27/h1-6,9-10H,7-8,11H2,(H,23,24). The van der Waals surface area contributed by atoms with E-state index < -0.39 is 51.3 Å². The molecule has 3 aromatic rings. The van der Waals surface area contributed by atoms with Crippen LogP contribution in [0.15, 0.2) is 53.6 Å². The second-order valence-electron chi connectivity index (χ2n) is 6.72. The van der Waals surface area contributed by atoms with E-state index in [2.05, 4.69) is 0 Å². The number of carbonyl (C=O) groups is 2. The Morgan fingerprint density at radius 1 is 0.970 bits per heavy atom. The van der Waals surface area contributed by atoms with Crippen molar-refractivity contribution in [1.82, 2.24) is 3.97 Å². The van der Waals surface area contributed by atoms with Gasteiger partial charge in [-0.1, -0.05) is 0 Å². The number of carbonyl (C=O) groups excluding carboxylic acids is 1. The Balaban J connectivity index is 2.04. The number of benzene rings is 2. The molecule has 3 rings (SSSR count). The van der Waals surface area contributed by atoms with Gasteiger partial charge in [-0.15, -0.1) is 0 Å². The van der Waals surface area contributed by atoms with Gasteiger partial charge in [0.1, 0.15) is 6.61 Å². The lowest BCUT2D eigenvalue weighted by atomic mass is 10.1. The lowest BCUT2D eigenvalue weighted by Crippen LogP contribution is -2.12. The number of hydrogen-bond acceptors (Lipinski definition) is 9. The molecule has 0 radical (unpaired) electrons. The molecule has 0 bridgehead atoms. The summed E-state index contributed by atoms with van der Waals surface area (Å²) in [5.74, 6) is -2.05. The highest BCUT2D eigenvalue weighted by Gasteiger charge is 2.24. The van der Waals surface area contributed by atoms with Crippen molar-refractivity contribution < 1.29 is 37.7 Å². The Hall–Kier alpha value is -4.33. The molecular formula is C19H15N3O10S. The number of carboxylic acid groups (broad SMARTS) is 1. The Kier molecular flexibility index (Phi) is 6.39. The van der Waals surface area contributed by atoms with Crippen LogP contribution in [0, 0.1) is 20.2 Å². The molecule has 172 valence electrons. The summed E-state index contributed by atoms with van der Waals surface area (Å²) in [4.78, 5) is 42.7. The number of non-ortho nitro benzene ring substituents is 2. The van der Waals surface area contributed by atoms with Gasteiger partial charge in [-0.25, -0.2) is 12.4 Å². The van der Waals surface area contributed by atoms with Gasteiger partial charge in [0.15, 0.2) is 0 Å². The van der Waals surface area contributed by atoms with Gasteiger partial charge in [-0.05, 0) is 18.2 Å². The van der Waals surface area contributed by atoms with Crippen LogP contribution in [0.4, 0.5) is 11.4 Å². The summed E-state index contributed by atoms with van der Waals surface area (Å²) >= 11 is 0. The van der Waals surface area contributed by atoms with Crippen molar-refractivity contribution in [2.45, 2.75) is 24.3 Å². The van der Waals surface area contributed by atoms with Crippen LogP contribution in [-0.4, -0.2) is 39.3 Å². The molecule has 1 heterocycles. The van der Waals surface area contributed by atoms with Gasteiger partial charge < -0.3 is 9.84 Å². The molecule has 0 unspecified atom stereocenters. The van der Waals surface area contributed by atoms with Crippen molar-refractivity contribution in [2.24, 2.45) is 0 Å². The summed E-state index contributed by atoms with van der Waals surface area (Å²) in [6.45, 7) is -0.459. The Morgan fingerprint density at radius 3 is 2.15 bits per heavy atom. The Labute approximate surface area is 185 Å². The molecule has 1 N–H and O–H groups in total. The fraction of sp³-hybridized carbons (Fsp3) is 0.158. The monoisotopic (exact) mass is 477 g/mol. The maximum absolute atomic E-state index is 13.2. The summed E-state index contributed by atoms with van der Waals surface area (Å²) in [5.41, 5.74) is -0.458. The maximum Gasteiger partial charge on any atom is 0.306 e. The molecule has 0 saturated carbocycles. The fourth-order valence-electron chi connectivity index (χ4n) is 2.97. The molecule has 0 spiro atoms. The second-order valence-corrected chi connectivity index (χ2v) is 8.53. The molecule has 2 aromatic carbocycles. The summed E-state index contributed by atoms with van der Waals surface area (Å²) in [5, 5.41) is 30.8. The van der Waals surface area contributed by atoms with Crippen LogP contribution in [0.5, 0.6) is 0 Å². The molecule has 0 atom stereocenters. The molecule has 0 fully saturated rings. The predicted octanol–water partition coefficient (Wildman–Crippen LogP) is 2.60. The summed E-state index contributed by atoms with van der Waals surface area (Å²) < 4.78 is 32.2. The minimum Gasteiger partial charge on any atom is -0.481 e. The number of nitro groups is 2. The largest absolute Gasteiger partial charge is 0.481 e. The van der Waals surface area contributed by atoms with Gasteiger partial charge in [0, 0.05) is 41.4 Å². The number of hydrogen-bond donors (Lipinski definition) is 1. The lowest BCUT2D eigenvalue weighted by molar-refractivity contribution is -0.385. The van der Waals surface area contributed by atoms with Crippen LogP contribution in [0.2, 0.25) is 0 Å². The van der Waals surface area contributed by atoms with Crippen molar-refractivity contribution in [1.29, 1.82) is 0 Å². The zero-order valence-corrected chi connectivity index (χ0v) is 17.4. The van der Waals surface area contributed by atoms with Crippen LogP contribution >= 0.6 is 0 Å². The van der Waals surface area contributed by atoms with Crippen LogP contribution in [0.1, 0.15) is 18.4 Å². The van der Waals surface area contributed by atoms with Gasteiger partial charge in [0.05, 0.1) is 33.1 Å². The predicted molar refractivity (Wildman–Crippen MR) is 111 cm³/mol. The number of esters is 1. The molecule has 33 heavy (non-hydrogen) atoms. The molecular weight excluding hydrogens is 462 g/mol. The summed E-state index contributed by atoms with van der Waals surface area (Å²) in [7, 11) is -4.27. The molecule has 0 aliphatic heterocycles. The van der Waals surface area contributed by atoms with Crippen LogP contribution < -0.4 is 0 Å². The second kappa shape index (κ2) is 9.04. The number of aromatic nitrogens is 1. The molecule has 0 saturated heterocycles. The highest BCUT2D eigenvalue weighted by molar-refractivity contribution is 7.90. The van der Waals surface area contributed by atoms with Crippen molar-refractivity contribution in [3.8, 4) is 0 Å². The molecule has 14 heteroatoms. The first-order valence-electron chi connectivity index (χ1n) is 9.16. The van der Waals surface area contributed by atoms with E-state index in [0.29, 0.717) is 0 Å². The number of fused-ring (bicyclic) bond motifs is 1. The smallest absolute Gasteiger partial charge is 0.306 e. The van der Waals surface area contributed by atoms with E-state index in [9.17, 15) is 38.2 Å². The van der Waals surface area contributed by atoms with Crippen LogP contribution in [0.25, 0.3) is 10.9 Å². The van der Waals surface area contributed by atoms with E-state index in [1.54, 1.807) is 0 Å². The minimum atomic E-state index is -4.27. The van der Waals surface area contributed by atoms with E-state index >= 15 is 0 Å². The van der Waals surface area contributed by atoms with Gasteiger partial charge >= 0.3 is 11.9 Å². The zero-order valence-electron chi connectivity index (χ0n) is 16.6. The minimum absolute atomic E-state index is 0.0514. The quantitative estimate of drug-likeness (QED) is 0.272. The first-order chi connectivity index (χ1) is 15.5. The number of ether oxygens (including phenoxy) is 1. The van der Waals surface area contributed by atoms with E-state index in [0.717, 1.165) is 46.6 Å². The van der Waals surface area contributed by atoms with E-state index in [1.807, 2.05) is 0 Å². The van der Waals surface area contributed by atoms with Gasteiger partial charge in [-0.3, -0.25) is 29.8 Å². The number of carboxylic acids is 1. The van der Waals surface area contributed by atoms with Gasteiger partial charge in [0.25, 0.3) is 21.4 Å². The highest BCUT2D eigenvalue weighted by Crippen LogP contribution is 2.30. The van der Waals surface area contributed by atoms with Gasteiger partial charge in [-0.2, -0.15) is 0 Å². The fourth-order valence-corrected chi connectivity index (χ4v) is 4.37. The third-order valence-corrected chi connectivity index (χ3v) is 6.27. The number of rotatable bonds is 9. The molecule has 0 aliphatic rings. The average molecular weight is 477 g/mol. The summed E-state index contributed by atoms with van der Waals surface area (Å²) in [6, 6.07) is 7.59. The molecule has 1 aromatic heterocycles. The zero-order chi connectivity index (χ0) is 24.3. The maximum atomic E-state index is 13.2. The molecule has 0 aliphatic carbocycles. The molecule has 0 amide bonds. The average Bonchev–Trinajstić information content (AvgIpc) is 3.15. The van der Waals surface area contributed by atoms with Crippen molar-refractivity contribution in [3.05, 3.63) is 74.5 Å².